The zero-order valence-electron chi connectivity index (χ0n) is 57.0. The zero-order valence-corrected chi connectivity index (χ0v) is 57.0. The van der Waals surface area contributed by atoms with Gasteiger partial charge in [-0.15, -0.1) is 0 Å². The molecular formula is C74H143NO13. The van der Waals surface area contributed by atoms with E-state index in [9.17, 15) is 45.6 Å². The van der Waals surface area contributed by atoms with Crippen LogP contribution in [0.15, 0.2) is 12.2 Å². The molecule has 0 aliphatic carbocycles. The topological polar surface area (TPSA) is 228 Å². The van der Waals surface area contributed by atoms with E-state index in [2.05, 4.69) is 19.2 Å². The molecular weight excluding hydrogens is 1110 g/mol. The summed E-state index contributed by atoms with van der Waals surface area (Å²) in [6, 6.07) is -0.912. The number of hydrogen-bond acceptors (Lipinski definition) is 13. The molecule has 0 aromatic heterocycles. The van der Waals surface area contributed by atoms with Crippen molar-refractivity contribution in [2.75, 3.05) is 19.8 Å². The fraction of sp³-hybridized carbons (Fsp3) is 0.959. The number of amides is 1. The summed E-state index contributed by atoms with van der Waals surface area (Å²) < 4.78 is 22.9. The molecule has 2 heterocycles. The van der Waals surface area contributed by atoms with Gasteiger partial charge in [0.1, 0.15) is 48.8 Å². The summed E-state index contributed by atoms with van der Waals surface area (Å²) in [5.74, 6) is -0.229. The lowest BCUT2D eigenvalue weighted by atomic mass is 9.97. The average Bonchev–Trinajstić information content (AvgIpc) is 2.07. The molecule has 522 valence electrons. The Morgan fingerprint density at radius 3 is 1.05 bits per heavy atom. The summed E-state index contributed by atoms with van der Waals surface area (Å²) in [4.78, 5) is 13.4. The number of carbonyl (C=O) groups is 1. The second-order valence-corrected chi connectivity index (χ2v) is 27.1. The molecule has 0 saturated carbocycles. The van der Waals surface area contributed by atoms with E-state index in [1.165, 1.54) is 295 Å². The molecule has 0 aromatic rings. The molecule has 9 N–H and O–H groups in total. The van der Waals surface area contributed by atoms with Crippen LogP contribution >= 0.6 is 0 Å². The molecule has 14 nitrogen and oxygen atoms in total. The van der Waals surface area contributed by atoms with Crippen LogP contribution in [0.5, 0.6) is 0 Å². The monoisotopic (exact) mass is 1250 g/mol. The SMILES string of the molecule is CCCCCCCCCCCCCCCCCCCCCCC/C=C/C(O)C(COC1OC(CO)C(OC2OC(CO)C(O)C(O)C2O)C(O)C1O)NC(=O)CCCCCCCCCCCCCCCCCCCCCCCCCCCCCCCCC. The zero-order chi connectivity index (χ0) is 63.8. The first-order valence-electron chi connectivity index (χ1n) is 37.9. The number of ether oxygens (including phenoxy) is 4. The highest BCUT2D eigenvalue weighted by molar-refractivity contribution is 5.76. The third-order valence-corrected chi connectivity index (χ3v) is 19.0. The number of carbonyl (C=O) groups excluding carboxylic acids is 1. The predicted molar refractivity (Wildman–Crippen MR) is 360 cm³/mol. The number of rotatable bonds is 64. The van der Waals surface area contributed by atoms with Crippen LogP contribution in [-0.2, 0) is 23.7 Å². The Balaban J connectivity index is 1.63. The highest BCUT2D eigenvalue weighted by Crippen LogP contribution is 2.30. The summed E-state index contributed by atoms with van der Waals surface area (Å²) in [6.07, 6.45) is 57.1. The fourth-order valence-corrected chi connectivity index (χ4v) is 12.9. The smallest absolute Gasteiger partial charge is 0.220 e. The molecule has 2 fully saturated rings. The lowest BCUT2D eigenvalue weighted by Crippen LogP contribution is -2.65. The summed E-state index contributed by atoms with van der Waals surface area (Å²) in [6.45, 7) is 2.87. The van der Waals surface area contributed by atoms with Gasteiger partial charge < -0.3 is 65.1 Å². The molecule has 88 heavy (non-hydrogen) atoms. The molecule has 2 rings (SSSR count). The van der Waals surface area contributed by atoms with Gasteiger partial charge in [-0.1, -0.05) is 347 Å². The van der Waals surface area contributed by atoms with Crippen molar-refractivity contribution in [2.45, 2.75) is 434 Å². The van der Waals surface area contributed by atoms with Crippen LogP contribution in [0.4, 0.5) is 0 Å². The van der Waals surface area contributed by atoms with Crippen molar-refractivity contribution >= 4 is 5.91 Å². The molecule has 12 unspecified atom stereocenters. The number of aliphatic hydroxyl groups excluding tert-OH is 8. The van der Waals surface area contributed by atoms with Gasteiger partial charge in [-0.2, -0.15) is 0 Å². The van der Waals surface area contributed by atoms with E-state index in [-0.39, 0.29) is 18.9 Å². The van der Waals surface area contributed by atoms with E-state index in [1.54, 1.807) is 6.08 Å². The van der Waals surface area contributed by atoms with Crippen LogP contribution in [0.2, 0.25) is 0 Å². The van der Waals surface area contributed by atoms with E-state index in [4.69, 9.17) is 18.9 Å². The molecule has 0 radical (unpaired) electrons. The summed E-state index contributed by atoms with van der Waals surface area (Å²) in [5, 5.41) is 87.6. The Labute approximate surface area is 539 Å². The van der Waals surface area contributed by atoms with Gasteiger partial charge in [-0.3, -0.25) is 4.79 Å². The molecule has 2 aliphatic rings. The minimum absolute atomic E-state index is 0.229. The molecule has 1 amide bonds. The molecule has 2 aliphatic heterocycles. The van der Waals surface area contributed by atoms with Gasteiger partial charge in [0.15, 0.2) is 12.6 Å². The Hall–Kier alpha value is -1.27. The first-order valence-corrected chi connectivity index (χ1v) is 37.9. The third-order valence-electron chi connectivity index (χ3n) is 19.0. The Bertz CT molecular complexity index is 1520. The van der Waals surface area contributed by atoms with Crippen LogP contribution in [-0.4, -0.2) is 140 Å². The maximum atomic E-state index is 13.4. The highest BCUT2D eigenvalue weighted by Gasteiger charge is 2.51. The van der Waals surface area contributed by atoms with Crippen LogP contribution in [0.3, 0.4) is 0 Å². The summed E-state index contributed by atoms with van der Waals surface area (Å²) in [5.41, 5.74) is 0. The molecule has 0 bridgehead atoms. The lowest BCUT2D eigenvalue weighted by Gasteiger charge is -2.46. The Kier molecular flexibility index (Phi) is 56.0. The van der Waals surface area contributed by atoms with E-state index >= 15 is 0 Å². The largest absolute Gasteiger partial charge is 0.394 e. The van der Waals surface area contributed by atoms with E-state index < -0.39 is 86.8 Å². The fourth-order valence-electron chi connectivity index (χ4n) is 12.9. The Morgan fingerprint density at radius 1 is 0.398 bits per heavy atom. The normalized spacial score (nSPS) is 23.1. The molecule has 2 saturated heterocycles. The van der Waals surface area contributed by atoms with E-state index in [0.717, 1.165) is 44.9 Å². The first-order chi connectivity index (χ1) is 43.1. The second kappa shape index (κ2) is 59.5. The average molecular weight is 1250 g/mol. The number of hydrogen-bond donors (Lipinski definition) is 9. The molecule has 12 atom stereocenters. The Morgan fingerprint density at radius 2 is 0.705 bits per heavy atom. The van der Waals surface area contributed by atoms with Crippen molar-refractivity contribution in [3.63, 3.8) is 0 Å². The lowest BCUT2D eigenvalue weighted by molar-refractivity contribution is -0.359. The maximum Gasteiger partial charge on any atom is 0.220 e. The van der Waals surface area contributed by atoms with Crippen LogP contribution in [0.25, 0.3) is 0 Å². The van der Waals surface area contributed by atoms with Gasteiger partial charge in [0.05, 0.1) is 32.0 Å². The van der Waals surface area contributed by atoms with Crippen molar-refractivity contribution in [1.29, 1.82) is 0 Å². The maximum absolute atomic E-state index is 13.4. The quantitative estimate of drug-likeness (QED) is 0.0204. The van der Waals surface area contributed by atoms with E-state index in [1.807, 2.05) is 6.08 Å². The predicted octanol–water partition coefficient (Wildman–Crippen LogP) is 16.1. The van der Waals surface area contributed by atoms with Crippen molar-refractivity contribution in [1.82, 2.24) is 5.32 Å². The van der Waals surface area contributed by atoms with Gasteiger partial charge in [-0.25, -0.2) is 0 Å². The first kappa shape index (κ1) is 82.8. The number of unbranched alkanes of at least 4 members (excludes halogenated alkanes) is 51. The van der Waals surface area contributed by atoms with Crippen molar-refractivity contribution in [2.24, 2.45) is 0 Å². The third kappa shape index (κ3) is 42.9. The van der Waals surface area contributed by atoms with Crippen molar-refractivity contribution < 1.29 is 64.6 Å². The van der Waals surface area contributed by atoms with Gasteiger partial charge >= 0.3 is 0 Å². The number of aliphatic hydroxyl groups is 8. The summed E-state index contributed by atoms with van der Waals surface area (Å²) in [7, 11) is 0. The van der Waals surface area contributed by atoms with Gasteiger partial charge in [0.25, 0.3) is 0 Å². The van der Waals surface area contributed by atoms with Crippen LogP contribution < -0.4 is 5.32 Å². The number of allylic oxidation sites excluding steroid dienone is 1. The minimum Gasteiger partial charge on any atom is -0.394 e. The summed E-state index contributed by atoms with van der Waals surface area (Å²) >= 11 is 0. The van der Waals surface area contributed by atoms with Gasteiger partial charge in [0.2, 0.25) is 5.91 Å². The van der Waals surface area contributed by atoms with Crippen LogP contribution in [0.1, 0.15) is 361 Å². The molecule has 14 heteroatoms. The molecule has 0 aromatic carbocycles. The van der Waals surface area contributed by atoms with Gasteiger partial charge in [-0.05, 0) is 19.3 Å². The standard InChI is InChI=1S/C74H143NO13/c1-3-5-7-9-11-13-15-17-19-21-23-25-27-28-29-30-31-32-33-34-36-38-40-42-44-46-48-50-52-54-56-58-66(79)75-62(61-85-73-71(84)69(82)72(65(60-77)87-73)88-74-70(83)68(81)67(80)64(59-76)86-74)63(78)57-55-53-51-49-47-45-43-41-39-37-35-26-24-22-20-18-16-14-12-10-8-6-4-2/h55,57,62-65,67-74,76-78,80-84H,3-54,56,58-61H2,1-2H3,(H,75,79)/b57-55+. The highest BCUT2D eigenvalue weighted by atomic mass is 16.7. The van der Waals surface area contributed by atoms with Crippen molar-refractivity contribution in [3.8, 4) is 0 Å². The minimum atomic E-state index is -1.79. The second-order valence-electron chi connectivity index (χ2n) is 27.1. The van der Waals surface area contributed by atoms with Crippen molar-refractivity contribution in [3.05, 3.63) is 12.2 Å². The van der Waals surface area contributed by atoms with Crippen LogP contribution in [0, 0.1) is 0 Å². The number of nitrogens with one attached hydrogen (secondary N) is 1. The van der Waals surface area contributed by atoms with E-state index in [0.29, 0.717) is 0 Å². The van der Waals surface area contributed by atoms with Gasteiger partial charge in [0, 0.05) is 6.42 Å². The molecule has 0 spiro atoms.